The Balaban J connectivity index is 1.76. The molecule has 0 saturated carbocycles. The van der Waals surface area contributed by atoms with Crippen LogP contribution in [0, 0.1) is 0 Å². The second kappa shape index (κ2) is 4.52. The molecule has 6 heteroatoms. The number of hydroxylamine groups is 3. The van der Waals surface area contributed by atoms with Crippen LogP contribution in [0.3, 0.4) is 0 Å². The molecule has 1 unspecified atom stereocenters. The smallest absolute Gasteiger partial charge is 0.293 e. The van der Waals surface area contributed by atoms with E-state index in [4.69, 9.17) is 4.84 Å². The van der Waals surface area contributed by atoms with Crippen LogP contribution in [0.5, 0.6) is 0 Å². The average Bonchev–Trinajstić information content (AvgIpc) is 2.73. The van der Waals surface area contributed by atoms with Crippen molar-refractivity contribution in [3.63, 3.8) is 0 Å². The Morgan fingerprint density at radius 1 is 1.47 bits per heavy atom. The third kappa shape index (κ3) is 2.27. The van der Waals surface area contributed by atoms with Crippen molar-refractivity contribution < 1.29 is 19.1 Å². The molecule has 1 amide bonds. The van der Waals surface area contributed by atoms with E-state index >= 15 is 0 Å². The molecule has 2 fully saturated rings. The molecule has 0 aromatic carbocycles. The van der Waals surface area contributed by atoms with Gasteiger partial charge in [-0.3, -0.25) is 14.5 Å². The van der Waals surface area contributed by atoms with Crippen molar-refractivity contribution in [2.75, 3.05) is 20.1 Å². The summed E-state index contributed by atoms with van der Waals surface area (Å²) in [6.45, 7) is 3.77. The summed E-state index contributed by atoms with van der Waals surface area (Å²) in [4.78, 5) is 31.2. The molecule has 3 aliphatic heterocycles. The number of fused-ring (bicyclic) bond motifs is 1. The number of carbonyl (C=O) groups is 2. The summed E-state index contributed by atoms with van der Waals surface area (Å²) in [7, 11) is 1.93. The summed E-state index contributed by atoms with van der Waals surface area (Å²) in [6.07, 6.45) is 4.55. The van der Waals surface area contributed by atoms with Gasteiger partial charge >= 0.3 is 5.97 Å². The lowest BCUT2D eigenvalue weighted by atomic mass is 10.1. The molecule has 3 heterocycles. The number of β-lactam (4-membered cyclic amide) rings is 1. The van der Waals surface area contributed by atoms with Gasteiger partial charge in [0.15, 0.2) is 0 Å². The van der Waals surface area contributed by atoms with E-state index in [9.17, 15) is 9.59 Å². The zero-order chi connectivity index (χ0) is 13.6. The largest absolute Gasteiger partial charge is 0.413 e. The van der Waals surface area contributed by atoms with Gasteiger partial charge in [0.05, 0.1) is 11.8 Å². The van der Waals surface area contributed by atoms with E-state index in [1.165, 1.54) is 0 Å². The predicted octanol–water partition coefficient (Wildman–Crippen LogP) is 1.26. The van der Waals surface area contributed by atoms with Crippen molar-refractivity contribution in [2.24, 2.45) is 0 Å². The van der Waals surface area contributed by atoms with Crippen LogP contribution in [0.1, 0.15) is 26.2 Å². The van der Waals surface area contributed by atoms with Gasteiger partial charge < -0.3 is 0 Å². The highest BCUT2D eigenvalue weighted by Crippen LogP contribution is 2.40. The van der Waals surface area contributed by atoms with Crippen molar-refractivity contribution in [1.82, 2.24) is 4.90 Å². The fourth-order valence-corrected chi connectivity index (χ4v) is 4.18. The molecule has 5 nitrogen and oxygen atoms in total. The molecule has 104 valence electrons. The number of nitrogens with zero attached hydrogens (tertiary/aromatic N) is 2. The van der Waals surface area contributed by atoms with Gasteiger partial charge in [-0.2, -0.15) is 0 Å². The first-order chi connectivity index (χ1) is 8.98. The molecule has 0 N–H and O–H groups in total. The Hall–Kier alpha value is -1.01. The minimum atomic E-state index is -0.352. The zero-order valence-corrected chi connectivity index (χ0v) is 12.1. The van der Waals surface area contributed by atoms with Gasteiger partial charge in [0.2, 0.25) is 5.91 Å². The Morgan fingerprint density at radius 2 is 2.16 bits per heavy atom. The van der Waals surface area contributed by atoms with Crippen LogP contribution < -0.4 is 0 Å². The van der Waals surface area contributed by atoms with E-state index in [1.54, 1.807) is 16.7 Å². The topological polar surface area (TPSA) is 46.6 Å². The fraction of sp³-hybridized carbons (Fsp3) is 0.692. The molecule has 2 saturated heterocycles. The second-order valence-corrected chi connectivity index (χ2v) is 7.21. The Labute approximate surface area is 117 Å². The lowest BCUT2D eigenvalue weighted by Crippen LogP contribution is -2.55. The van der Waals surface area contributed by atoms with Crippen molar-refractivity contribution in [1.29, 1.82) is 0 Å². The molecule has 0 radical (unpaired) electrons. The van der Waals surface area contributed by atoms with Crippen molar-refractivity contribution >= 4 is 23.6 Å². The average molecular weight is 283 g/mol. The standard InChI is InChI=1S/C13H19N2O3S/c1-9-7-10(14-11(16)8-12(14)19-9)13(17)18-15(2)5-3-4-6-15/h7,9,12H,3-6,8H2,1-2H3/q+1/t9?,12-/m1/s1. The van der Waals surface area contributed by atoms with Crippen molar-refractivity contribution in [3.8, 4) is 0 Å². The minimum absolute atomic E-state index is 0.0247. The number of amides is 1. The van der Waals surface area contributed by atoms with E-state index in [-0.39, 0.29) is 22.5 Å². The van der Waals surface area contributed by atoms with E-state index in [1.807, 2.05) is 20.0 Å². The minimum Gasteiger partial charge on any atom is -0.293 e. The molecule has 3 rings (SSSR count). The van der Waals surface area contributed by atoms with Crippen LogP contribution >= 0.6 is 11.8 Å². The number of quaternary nitrogens is 1. The number of hydrogen-bond donors (Lipinski definition) is 0. The van der Waals surface area contributed by atoms with E-state index in [0.29, 0.717) is 16.8 Å². The van der Waals surface area contributed by atoms with E-state index in [2.05, 4.69) is 0 Å². The quantitative estimate of drug-likeness (QED) is 0.565. The first-order valence-corrected chi connectivity index (χ1v) is 7.71. The highest BCUT2D eigenvalue weighted by molar-refractivity contribution is 8.00. The normalized spacial score (nSPS) is 32.4. The van der Waals surface area contributed by atoms with Gasteiger partial charge in [0, 0.05) is 18.1 Å². The Morgan fingerprint density at radius 3 is 2.79 bits per heavy atom. The van der Waals surface area contributed by atoms with Gasteiger partial charge in [-0.15, -0.1) is 16.4 Å². The summed E-state index contributed by atoms with van der Waals surface area (Å²) < 4.78 is 0.338. The van der Waals surface area contributed by atoms with E-state index in [0.717, 1.165) is 25.9 Å². The molecule has 3 aliphatic rings. The molecule has 19 heavy (non-hydrogen) atoms. The second-order valence-electron chi connectivity index (χ2n) is 5.65. The van der Waals surface area contributed by atoms with Gasteiger partial charge in [0.25, 0.3) is 0 Å². The molecular weight excluding hydrogens is 264 g/mol. The molecular formula is C13H19N2O3S+. The maximum absolute atomic E-state index is 12.3. The molecule has 0 aromatic heterocycles. The highest BCUT2D eigenvalue weighted by Gasteiger charge is 2.46. The van der Waals surface area contributed by atoms with Crippen LogP contribution in [-0.4, -0.2) is 52.2 Å². The van der Waals surface area contributed by atoms with E-state index < -0.39 is 0 Å². The number of hydrogen-bond acceptors (Lipinski definition) is 4. The summed E-state index contributed by atoms with van der Waals surface area (Å²) in [5, 5.41) is 0.375. The van der Waals surface area contributed by atoms with Gasteiger partial charge in [0.1, 0.15) is 25.8 Å². The zero-order valence-electron chi connectivity index (χ0n) is 11.3. The number of rotatable bonds is 2. The summed E-state index contributed by atoms with van der Waals surface area (Å²) in [5.74, 6) is -0.328. The van der Waals surface area contributed by atoms with Gasteiger partial charge in [-0.25, -0.2) is 4.79 Å². The summed E-state index contributed by atoms with van der Waals surface area (Å²) >= 11 is 1.72. The predicted molar refractivity (Wildman–Crippen MR) is 71.6 cm³/mol. The van der Waals surface area contributed by atoms with Crippen LogP contribution in [0.4, 0.5) is 0 Å². The lowest BCUT2D eigenvalue weighted by Gasteiger charge is -2.44. The molecule has 0 bridgehead atoms. The lowest BCUT2D eigenvalue weighted by molar-refractivity contribution is -1.07. The maximum atomic E-state index is 12.3. The maximum Gasteiger partial charge on any atom is 0.413 e. The summed E-state index contributed by atoms with van der Waals surface area (Å²) in [6, 6.07) is 0. The molecule has 0 aliphatic carbocycles. The van der Waals surface area contributed by atoms with Gasteiger partial charge in [-0.05, 0) is 13.0 Å². The number of likely N-dealkylation sites (tertiary alicyclic amines) is 1. The third-order valence-electron chi connectivity index (χ3n) is 3.95. The number of thioether (sulfide) groups is 1. The number of carbonyl (C=O) groups excluding carboxylic acids is 2. The van der Waals surface area contributed by atoms with Crippen LogP contribution in [0.25, 0.3) is 0 Å². The highest BCUT2D eigenvalue weighted by atomic mass is 32.2. The molecule has 0 spiro atoms. The van der Waals surface area contributed by atoms with Crippen LogP contribution in [0.2, 0.25) is 0 Å². The van der Waals surface area contributed by atoms with Crippen molar-refractivity contribution in [3.05, 3.63) is 11.8 Å². The van der Waals surface area contributed by atoms with Crippen molar-refractivity contribution in [2.45, 2.75) is 36.8 Å². The van der Waals surface area contributed by atoms with Crippen LogP contribution in [-0.2, 0) is 14.4 Å². The molecule has 0 aromatic rings. The Kier molecular flexibility index (Phi) is 3.09. The monoisotopic (exact) mass is 283 g/mol. The first kappa shape index (κ1) is 13.0. The molecule has 2 atom stereocenters. The summed E-state index contributed by atoms with van der Waals surface area (Å²) in [5.41, 5.74) is 0.443. The van der Waals surface area contributed by atoms with Crippen LogP contribution in [0.15, 0.2) is 11.8 Å². The first-order valence-electron chi connectivity index (χ1n) is 6.76. The Bertz CT molecular complexity index is 457. The SMILES string of the molecule is CC1C=C(C(=O)O[N+]2(C)CCCC2)N2C(=O)C[C@H]2S1. The fourth-order valence-electron chi connectivity index (χ4n) is 2.88. The van der Waals surface area contributed by atoms with Gasteiger partial charge in [-0.1, -0.05) is 0 Å². The third-order valence-corrected chi connectivity index (χ3v) is 5.21.